The number of sulfonamides is 1. The van der Waals surface area contributed by atoms with E-state index in [4.69, 9.17) is 9.88 Å². The number of benzene rings is 1. The second kappa shape index (κ2) is 7.00. The summed E-state index contributed by atoms with van der Waals surface area (Å²) in [5.74, 6) is -0.423. The molecule has 0 aliphatic rings. The molecule has 9 heteroatoms. The van der Waals surface area contributed by atoms with E-state index < -0.39 is 14.9 Å². The number of primary sulfonamides is 1. The van der Waals surface area contributed by atoms with Gasteiger partial charge < -0.3 is 4.74 Å². The predicted molar refractivity (Wildman–Crippen MR) is 78.0 cm³/mol. The molecule has 2 N–H and O–H groups in total. The molecule has 0 aliphatic carbocycles. The van der Waals surface area contributed by atoms with Crippen molar-refractivity contribution < 1.29 is 18.1 Å². The number of nitro benzene ring substituents is 1. The smallest absolute Gasteiger partial charge is 0.312 e. The fourth-order valence-electron chi connectivity index (χ4n) is 1.58. The molecule has 1 atom stereocenters. The number of nitrogens with two attached hydrogens (primary N) is 1. The summed E-state index contributed by atoms with van der Waals surface area (Å²) in [6, 6.07) is 4.41. The van der Waals surface area contributed by atoms with Crippen molar-refractivity contribution >= 4 is 31.6 Å². The number of nitrogens with zero attached hydrogens (tertiary/aromatic N) is 1. The molecule has 0 heterocycles. The van der Waals surface area contributed by atoms with Crippen LogP contribution >= 0.6 is 15.9 Å². The monoisotopic (exact) mass is 366 g/mol. The molecule has 0 saturated heterocycles. The molecule has 1 unspecified atom stereocenters. The van der Waals surface area contributed by atoms with Crippen molar-refractivity contribution in [2.75, 3.05) is 12.4 Å². The molecular weight excluding hydrogens is 352 g/mol. The van der Waals surface area contributed by atoms with Gasteiger partial charge in [-0.15, -0.1) is 0 Å². The molecule has 1 aromatic rings. The Bertz CT molecular complexity index is 590. The molecule has 0 fully saturated rings. The molecule has 112 valence electrons. The highest BCUT2D eigenvalue weighted by molar-refractivity contribution is 9.10. The van der Waals surface area contributed by atoms with Crippen molar-refractivity contribution in [2.45, 2.75) is 13.3 Å². The minimum atomic E-state index is -3.59. The average molecular weight is 367 g/mol. The highest BCUT2D eigenvalue weighted by Gasteiger charge is 2.19. The number of hydrogen-bond acceptors (Lipinski definition) is 5. The summed E-state index contributed by atoms with van der Waals surface area (Å²) in [5.41, 5.74) is -0.176. The lowest BCUT2D eigenvalue weighted by Gasteiger charge is -2.14. The third-order valence-corrected chi connectivity index (χ3v) is 4.07. The maximum atomic E-state index is 11.0. The van der Waals surface area contributed by atoms with E-state index >= 15 is 0 Å². The van der Waals surface area contributed by atoms with Gasteiger partial charge in [-0.05, 0) is 18.6 Å². The van der Waals surface area contributed by atoms with Crippen LogP contribution in [0.25, 0.3) is 0 Å². The Hall–Kier alpha value is -1.19. The van der Waals surface area contributed by atoms with Gasteiger partial charge in [-0.2, -0.15) is 0 Å². The molecule has 1 aromatic carbocycles. The summed E-state index contributed by atoms with van der Waals surface area (Å²) in [5, 5.41) is 15.9. The first-order valence-corrected chi connectivity index (χ1v) is 8.31. The third-order valence-electron chi connectivity index (χ3n) is 2.64. The van der Waals surface area contributed by atoms with Crippen LogP contribution in [-0.2, 0) is 10.0 Å². The van der Waals surface area contributed by atoms with Gasteiger partial charge >= 0.3 is 5.69 Å². The minimum Gasteiger partial charge on any atom is -0.486 e. The van der Waals surface area contributed by atoms with Crippen LogP contribution < -0.4 is 9.88 Å². The fourth-order valence-corrected chi connectivity index (χ4v) is 2.91. The summed E-state index contributed by atoms with van der Waals surface area (Å²) in [6.45, 7) is 1.85. The minimum absolute atomic E-state index is 0.0510. The molecule has 0 aromatic heterocycles. The lowest BCUT2D eigenvalue weighted by atomic mass is 10.1. The van der Waals surface area contributed by atoms with Gasteiger partial charge in [0.2, 0.25) is 10.0 Å². The van der Waals surface area contributed by atoms with E-state index in [1.807, 2.05) is 0 Å². The van der Waals surface area contributed by atoms with Crippen molar-refractivity contribution in [1.29, 1.82) is 0 Å². The van der Waals surface area contributed by atoms with Gasteiger partial charge in [-0.1, -0.05) is 22.9 Å². The summed E-state index contributed by atoms with van der Waals surface area (Å²) >= 11 is 3.14. The Balaban J connectivity index is 2.81. The van der Waals surface area contributed by atoms with Crippen LogP contribution in [0.2, 0.25) is 0 Å². The first kappa shape index (κ1) is 16.9. The summed E-state index contributed by atoms with van der Waals surface area (Å²) in [4.78, 5) is 10.4. The predicted octanol–water partition coefficient (Wildman–Crippen LogP) is 2.05. The quantitative estimate of drug-likeness (QED) is 0.585. The molecule has 0 radical (unpaired) electrons. The highest BCUT2D eigenvalue weighted by Crippen LogP contribution is 2.30. The van der Waals surface area contributed by atoms with Crippen LogP contribution in [0, 0.1) is 16.0 Å². The zero-order valence-electron chi connectivity index (χ0n) is 10.8. The Morgan fingerprint density at radius 2 is 2.15 bits per heavy atom. The standard InChI is InChI=1S/C11H15BrN2O5S/c1-2-8(7-20(13,17)18)6-19-11-4-3-9(12)5-10(11)14(15)16/h3-5,8H,2,6-7H2,1H3,(H2,13,17,18). The molecule has 1 rings (SSSR count). The molecule has 0 saturated carbocycles. The summed E-state index contributed by atoms with van der Waals surface area (Å²) in [6.07, 6.45) is 0.542. The number of halogens is 1. The largest absolute Gasteiger partial charge is 0.486 e. The van der Waals surface area contributed by atoms with Gasteiger partial charge in [-0.3, -0.25) is 10.1 Å². The van der Waals surface area contributed by atoms with Crippen molar-refractivity contribution in [3.8, 4) is 5.75 Å². The summed E-state index contributed by atoms with van der Waals surface area (Å²) in [7, 11) is -3.59. The van der Waals surface area contributed by atoms with Crippen LogP contribution in [0.3, 0.4) is 0 Å². The Morgan fingerprint density at radius 1 is 1.50 bits per heavy atom. The second-order valence-corrected chi connectivity index (χ2v) is 6.86. The average Bonchev–Trinajstić information content (AvgIpc) is 2.33. The van der Waals surface area contributed by atoms with E-state index in [1.165, 1.54) is 12.1 Å². The van der Waals surface area contributed by atoms with E-state index in [0.29, 0.717) is 10.9 Å². The van der Waals surface area contributed by atoms with Crippen LogP contribution in [-0.4, -0.2) is 25.7 Å². The molecular formula is C11H15BrN2O5S. The van der Waals surface area contributed by atoms with E-state index in [0.717, 1.165) is 0 Å². The van der Waals surface area contributed by atoms with Crippen molar-refractivity contribution in [3.63, 3.8) is 0 Å². The van der Waals surface area contributed by atoms with Crippen molar-refractivity contribution in [2.24, 2.45) is 11.1 Å². The molecule has 7 nitrogen and oxygen atoms in total. The van der Waals surface area contributed by atoms with Gasteiger partial charge in [0, 0.05) is 16.5 Å². The van der Waals surface area contributed by atoms with Crippen LogP contribution in [0.4, 0.5) is 5.69 Å². The lowest BCUT2D eigenvalue weighted by Crippen LogP contribution is -2.26. The van der Waals surface area contributed by atoms with Crippen molar-refractivity contribution in [3.05, 3.63) is 32.8 Å². The molecule has 20 heavy (non-hydrogen) atoms. The highest BCUT2D eigenvalue weighted by atomic mass is 79.9. The Kier molecular flexibility index (Phi) is 5.90. The topological polar surface area (TPSA) is 113 Å². The van der Waals surface area contributed by atoms with Gasteiger partial charge in [0.15, 0.2) is 5.75 Å². The normalized spacial score (nSPS) is 12.9. The molecule has 0 aliphatic heterocycles. The SMILES string of the molecule is CCC(COc1ccc(Br)cc1[N+](=O)[O-])CS(N)(=O)=O. The Labute approximate surface area is 125 Å². The first-order valence-electron chi connectivity index (χ1n) is 5.80. The van der Waals surface area contributed by atoms with E-state index in [2.05, 4.69) is 15.9 Å². The second-order valence-electron chi connectivity index (χ2n) is 4.28. The van der Waals surface area contributed by atoms with Crippen LogP contribution in [0.1, 0.15) is 13.3 Å². The summed E-state index contributed by atoms with van der Waals surface area (Å²) < 4.78 is 28.0. The number of hydrogen-bond donors (Lipinski definition) is 1. The molecule has 0 spiro atoms. The van der Waals surface area contributed by atoms with Gasteiger partial charge in [0.25, 0.3) is 0 Å². The fraction of sp³-hybridized carbons (Fsp3) is 0.455. The van der Waals surface area contributed by atoms with E-state index in [1.54, 1.807) is 13.0 Å². The first-order chi connectivity index (χ1) is 9.23. The lowest BCUT2D eigenvalue weighted by molar-refractivity contribution is -0.386. The third kappa shape index (κ3) is 5.43. The molecule has 0 amide bonds. The van der Waals surface area contributed by atoms with Gasteiger partial charge in [-0.25, -0.2) is 13.6 Å². The van der Waals surface area contributed by atoms with E-state index in [9.17, 15) is 18.5 Å². The van der Waals surface area contributed by atoms with Gasteiger partial charge in [0.05, 0.1) is 17.3 Å². The Morgan fingerprint density at radius 3 is 2.65 bits per heavy atom. The zero-order valence-corrected chi connectivity index (χ0v) is 13.2. The number of ether oxygens (including phenoxy) is 1. The number of nitro groups is 1. The zero-order chi connectivity index (χ0) is 15.3. The van der Waals surface area contributed by atoms with Crippen LogP contribution in [0.15, 0.2) is 22.7 Å². The van der Waals surface area contributed by atoms with E-state index in [-0.39, 0.29) is 29.7 Å². The maximum absolute atomic E-state index is 11.0. The molecule has 0 bridgehead atoms. The maximum Gasteiger partial charge on any atom is 0.312 e. The number of rotatable bonds is 7. The van der Waals surface area contributed by atoms with Crippen LogP contribution in [0.5, 0.6) is 5.75 Å². The van der Waals surface area contributed by atoms with Crippen molar-refractivity contribution in [1.82, 2.24) is 0 Å². The van der Waals surface area contributed by atoms with Gasteiger partial charge in [0.1, 0.15) is 0 Å².